The Balaban J connectivity index is 2.27. The van der Waals surface area contributed by atoms with Gasteiger partial charge < -0.3 is 10.4 Å². The second kappa shape index (κ2) is 6.83. The van der Waals surface area contributed by atoms with Gasteiger partial charge in [0.05, 0.1) is 16.6 Å². The van der Waals surface area contributed by atoms with Crippen molar-refractivity contribution < 1.29 is 9.90 Å². The molecule has 5 heteroatoms. The number of nitrogens with one attached hydrogen (secondary N) is 1. The van der Waals surface area contributed by atoms with Crippen LogP contribution in [0.15, 0.2) is 42.5 Å². The Kier molecular flexibility index (Phi) is 5.10. The molecule has 0 aliphatic heterocycles. The van der Waals surface area contributed by atoms with E-state index in [2.05, 4.69) is 5.32 Å². The van der Waals surface area contributed by atoms with Crippen molar-refractivity contribution in [2.24, 2.45) is 0 Å². The second-order valence-corrected chi connectivity index (χ2v) is 5.50. The zero-order valence-corrected chi connectivity index (χ0v) is 12.9. The minimum atomic E-state index is -1.04. The third-order valence-electron chi connectivity index (χ3n) is 3.20. The van der Waals surface area contributed by atoms with Crippen LogP contribution in [0.4, 0.5) is 5.69 Å². The van der Waals surface area contributed by atoms with E-state index in [-0.39, 0.29) is 16.6 Å². The van der Waals surface area contributed by atoms with Gasteiger partial charge in [-0.15, -0.1) is 0 Å². The summed E-state index contributed by atoms with van der Waals surface area (Å²) in [5, 5.41) is 13.3. The van der Waals surface area contributed by atoms with Crippen molar-refractivity contribution in [1.82, 2.24) is 0 Å². The van der Waals surface area contributed by atoms with Crippen LogP contribution in [0.2, 0.25) is 10.0 Å². The first-order valence-corrected chi connectivity index (χ1v) is 7.31. The fourth-order valence-corrected chi connectivity index (χ4v) is 2.52. The van der Waals surface area contributed by atoms with E-state index in [9.17, 15) is 4.79 Å². The average molecular weight is 324 g/mol. The highest BCUT2D eigenvalue weighted by molar-refractivity contribution is 6.33. The van der Waals surface area contributed by atoms with Gasteiger partial charge in [-0.05, 0) is 42.3 Å². The molecule has 1 atom stereocenters. The normalized spacial score (nSPS) is 12.0. The van der Waals surface area contributed by atoms with Gasteiger partial charge in [0, 0.05) is 10.7 Å². The number of aromatic carboxylic acids is 1. The van der Waals surface area contributed by atoms with Crippen LogP contribution in [0, 0.1) is 0 Å². The molecular formula is C16H15Cl2NO2. The molecule has 2 aromatic carbocycles. The van der Waals surface area contributed by atoms with E-state index in [0.717, 1.165) is 12.0 Å². The molecule has 0 heterocycles. The summed E-state index contributed by atoms with van der Waals surface area (Å²) >= 11 is 11.9. The summed E-state index contributed by atoms with van der Waals surface area (Å²) in [5.41, 5.74) is 1.85. The Morgan fingerprint density at radius 3 is 2.62 bits per heavy atom. The van der Waals surface area contributed by atoms with E-state index in [1.54, 1.807) is 12.1 Å². The maximum absolute atomic E-state index is 11.1. The molecule has 0 amide bonds. The lowest BCUT2D eigenvalue weighted by atomic mass is 10.0. The number of carboxylic acids is 1. The Bertz CT molecular complexity index is 658. The monoisotopic (exact) mass is 323 g/mol. The Labute approximate surface area is 133 Å². The van der Waals surface area contributed by atoms with Gasteiger partial charge >= 0.3 is 5.97 Å². The van der Waals surface area contributed by atoms with Crippen LogP contribution in [-0.2, 0) is 0 Å². The summed E-state index contributed by atoms with van der Waals surface area (Å²) in [5.74, 6) is -1.04. The summed E-state index contributed by atoms with van der Waals surface area (Å²) in [6, 6.07) is 12.5. The molecule has 2 rings (SSSR count). The molecule has 21 heavy (non-hydrogen) atoms. The molecule has 0 aliphatic rings. The molecule has 0 aliphatic carbocycles. The number of benzene rings is 2. The van der Waals surface area contributed by atoms with E-state index in [4.69, 9.17) is 28.3 Å². The lowest BCUT2D eigenvalue weighted by molar-refractivity contribution is 0.0697. The summed E-state index contributed by atoms with van der Waals surface area (Å²) in [6.45, 7) is 2.05. The van der Waals surface area contributed by atoms with Crippen LogP contribution >= 0.6 is 23.2 Å². The van der Waals surface area contributed by atoms with Gasteiger partial charge in [0.15, 0.2) is 0 Å². The maximum atomic E-state index is 11.1. The van der Waals surface area contributed by atoms with Gasteiger partial charge in [0.25, 0.3) is 0 Å². The molecule has 0 aromatic heterocycles. The highest BCUT2D eigenvalue weighted by Crippen LogP contribution is 2.27. The van der Waals surface area contributed by atoms with Crippen LogP contribution in [0.3, 0.4) is 0 Å². The fraction of sp³-hybridized carbons (Fsp3) is 0.188. The van der Waals surface area contributed by atoms with Crippen LogP contribution in [0.1, 0.15) is 35.3 Å². The first-order valence-electron chi connectivity index (χ1n) is 6.56. The summed E-state index contributed by atoms with van der Waals surface area (Å²) in [6.07, 6.45) is 0.839. The minimum Gasteiger partial charge on any atom is -0.478 e. The number of hydrogen-bond acceptors (Lipinski definition) is 2. The van der Waals surface area contributed by atoms with Crippen molar-refractivity contribution in [3.63, 3.8) is 0 Å². The molecule has 0 spiro atoms. The number of carbonyl (C=O) groups is 1. The van der Waals surface area contributed by atoms with E-state index >= 15 is 0 Å². The van der Waals surface area contributed by atoms with Crippen molar-refractivity contribution in [3.05, 3.63) is 63.6 Å². The van der Waals surface area contributed by atoms with E-state index in [1.807, 2.05) is 31.2 Å². The van der Waals surface area contributed by atoms with Crippen LogP contribution in [-0.4, -0.2) is 11.1 Å². The lowest BCUT2D eigenvalue weighted by Gasteiger charge is -2.19. The SMILES string of the molecule is CCC(Nc1ccc(Cl)c(C(=O)O)c1)c1cccc(Cl)c1. The average Bonchev–Trinajstić information content (AvgIpc) is 2.46. The molecule has 0 radical (unpaired) electrons. The number of halogens is 2. The molecule has 2 aromatic rings. The van der Waals surface area contributed by atoms with Crippen LogP contribution in [0.25, 0.3) is 0 Å². The highest BCUT2D eigenvalue weighted by Gasteiger charge is 2.13. The molecule has 0 fully saturated rings. The maximum Gasteiger partial charge on any atom is 0.337 e. The van der Waals surface area contributed by atoms with Gasteiger partial charge in [-0.1, -0.05) is 42.3 Å². The first-order chi connectivity index (χ1) is 10.0. The number of carboxylic acid groups (broad SMARTS) is 1. The second-order valence-electron chi connectivity index (χ2n) is 4.66. The predicted octanol–water partition coefficient (Wildman–Crippen LogP) is 5.25. The molecule has 0 bridgehead atoms. The molecule has 3 nitrogen and oxygen atoms in total. The van der Waals surface area contributed by atoms with Crippen LogP contribution in [0.5, 0.6) is 0 Å². The van der Waals surface area contributed by atoms with Gasteiger partial charge in [-0.2, -0.15) is 0 Å². The predicted molar refractivity (Wildman–Crippen MR) is 86.5 cm³/mol. The Morgan fingerprint density at radius 2 is 2.00 bits per heavy atom. The van der Waals surface area contributed by atoms with Crippen molar-refractivity contribution in [2.75, 3.05) is 5.32 Å². The standard InChI is InChI=1S/C16H15Cl2NO2/c1-2-15(10-4-3-5-11(17)8-10)19-12-6-7-14(18)13(9-12)16(20)21/h3-9,15,19H,2H2,1H3,(H,20,21). The molecule has 0 saturated carbocycles. The summed E-state index contributed by atoms with van der Waals surface area (Å²) < 4.78 is 0. The van der Waals surface area contributed by atoms with E-state index in [1.165, 1.54) is 6.07 Å². The smallest absolute Gasteiger partial charge is 0.337 e. The number of rotatable bonds is 5. The van der Waals surface area contributed by atoms with Crippen molar-refractivity contribution >= 4 is 34.9 Å². The van der Waals surface area contributed by atoms with Crippen molar-refractivity contribution in [2.45, 2.75) is 19.4 Å². The molecule has 110 valence electrons. The zero-order chi connectivity index (χ0) is 15.4. The Morgan fingerprint density at radius 1 is 1.24 bits per heavy atom. The molecule has 0 saturated heterocycles. The third kappa shape index (κ3) is 3.90. The Hall–Kier alpha value is -1.71. The van der Waals surface area contributed by atoms with Crippen molar-refractivity contribution in [3.8, 4) is 0 Å². The quantitative estimate of drug-likeness (QED) is 0.789. The van der Waals surface area contributed by atoms with Gasteiger partial charge in [0.1, 0.15) is 0 Å². The van der Waals surface area contributed by atoms with Gasteiger partial charge in [0.2, 0.25) is 0 Å². The third-order valence-corrected chi connectivity index (χ3v) is 3.76. The minimum absolute atomic E-state index is 0.0477. The van der Waals surface area contributed by atoms with Crippen molar-refractivity contribution in [1.29, 1.82) is 0 Å². The topological polar surface area (TPSA) is 49.3 Å². The molecule has 1 unspecified atom stereocenters. The lowest BCUT2D eigenvalue weighted by Crippen LogP contribution is -2.10. The van der Waals surface area contributed by atoms with Gasteiger partial charge in [-0.25, -0.2) is 4.79 Å². The summed E-state index contributed by atoms with van der Waals surface area (Å²) in [4.78, 5) is 11.1. The fourth-order valence-electron chi connectivity index (χ4n) is 2.12. The molecular weight excluding hydrogens is 309 g/mol. The first kappa shape index (κ1) is 15.7. The number of hydrogen-bond donors (Lipinski definition) is 2. The van der Waals surface area contributed by atoms with Crippen LogP contribution < -0.4 is 5.32 Å². The largest absolute Gasteiger partial charge is 0.478 e. The van der Waals surface area contributed by atoms with E-state index < -0.39 is 5.97 Å². The highest BCUT2D eigenvalue weighted by atomic mass is 35.5. The molecule has 2 N–H and O–H groups in total. The van der Waals surface area contributed by atoms with E-state index in [0.29, 0.717) is 10.7 Å². The van der Waals surface area contributed by atoms with Gasteiger partial charge in [-0.3, -0.25) is 0 Å². The summed E-state index contributed by atoms with van der Waals surface area (Å²) in [7, 11) is 0. The number of anilines is 1. The zero-order valence-electron chi connectivity index (χ0n) is 11.4.